The van der Waals surface area contributed by atoms with E-state index >= 15 is 0 Å². The third kappa shape index (κ3) is 1.24. The molecule has 2 atom stereocenters. The van der Waals surface area contributed by atoms with E-state index in [1.807, 2.05) is 6.07 Å². The number of alkyl halides is 1. The average molecular weight is 205 g/mol. The summed E-state index contributed by atoms with van der Waals surface area (Å²) in [6.07, 6.45) is 0. The molecule has 64 valence electrons. The molecule has 12 heavy (non-hydrogen) atoms. The molecule has 0 saturated carbocycles. The lowest BCUT2D eigenvalue weighted by Gasteiger charge is -2.18. The first kappa shape index (κ1) is 8.11. The van der Waals surface area contributed by atoms with Crippen LogP contribution in [0.3, 0.4) is 0 Å². The predicted molar refractivity (Wildman–Crippen MR) is 45.8 cm³/mol. The van der Waals surface area contributed by atoms with Crippen molar-refractivity contribution in [3.05, 3.63) is 29.8 Å². The van der Waals surface area contributed by atoms with Gasteiger partial charge in [0.05, 0.1) is 0 Å². The van der Waals surface area contributed by atoms with Crippen LogP contribution in [0.4, 0.5) is 0 Å². The minimum absolute atomic E-state index is 0.544. The van der Waals surface area contributed by atoms with E-state index in [9.17, 15) is 4.57 Å². The highest BCUT2D eigenvalue weighted by molar-refractivity contribution is 7.41. The second kappa shape index (κ2) is 3.09. The summed E-state index contributed by atoms with van der Waals surface area (Å²) in [6.45, 7) is 0. The number of rotatable bonds is 0. The van der Waals surface area contributed by atoms with Gasteiger partial charge in [-0.15, -0.1) is 16.3 Å². The van der Waals surface area contributed by atoms with Gasteiger partial charge >= 0.3 is 0 Å². The third-order valence-electron chi connectivity index (χ3n) is 1.61. The van der Waals surface area contributed by atoms with Crippen LogP contribution in [0.25, 0.3) is 0 Å². The van der Waals surface area contributed by atoms with Gasteiger partial charge in [-0.2, -0.15) is 0 Å². The van der Waals surface area contributed by atoms with E-state index in [4.69, 9.17) is 16.5 Å². The van der Waals surface area contributed by atoms with E-state index in [0.29, 0.717) is 5.75 Å². The molecule has 2 rings (SSSR count). The lowest BCUT2D eigenvalue weighted by Crippen LogP contribution is -2.02. The fourth-order valence-corrected chi connectivity index (χ4v) is 2.06. The van der Waals surface area contributed by atoms with Gasteiger partial charge in [0.2, 0.25) is 0 Å². The molecule has 0 amide bonds. The second-order valence-electron chi connectivity index (χ2n) is 2.39. The van der Waals surface area contributed by atoms with Crippen LogP contribution in [0.5, 0.6) is 5.75 Å². The van der Waals surface area contributed by atoms with Gasteiger partial charge in [-0.05, 0) is 6.07 Å². The van der Waals surface area contributed by atoms with Crippen LogP contribution in [0.2, 0.25) is 0 Å². The summed E-state index contributed by atoms with van der Waals surface area (Å²) in [5.74, 6) is 0.544. The lowest BCUT2D eigenvalue weighted by molar-refractivity contribution is -0.0977. The van der Waals surface area contributed by atoms with Crippen molar-refractivity contribution < 1.29 is 14.1 Å². The Balaban J connectivity index is 2.48. The summed E-state index contributed by atoms with van der Waals surface area (Å²) in [7, 11) is -2.29. The molecule has 0 saturated heterocycles. The van der Waals surface area contributed by atoms with Crippen molar-refractivity contribution in [2.45, 2.75) is 5.12 Å². The summed E-state index contributed by atoms with van der Waals surface area (Å²) in [5.41, 5.74) is 0.731. The van der Waals surface area contributed by atoms with Crippen molar-refractivity contribution in [2.75, 3.05) is 0 Å². The largest absolute Gasteiger partial charge is 0.331 e. The molecule has 0 fully saturated rings. The average Bonchev–Trinajstić information content (AvgIpc) is 2.12. The molecular weight excluding hydrogens is 199 g/mol. The highest BCUT2D eigenvalue weighted by Crippen LogP contribution is 2.51. The molecule has 0 spiro atoms. The first-order chi connectivity index (χ1) is 5.79. The van der Waals surface area contributed by atoms with E-state index < -0.39 is 13.1 Å². The van der Waals surface area contributed by atoms with E-state index in [1.165, 1.54) is 0 Å². The molecule has 1 aromatic carbocycles. The normalized spacial score (nSPS) is 27.4. The molecule has 5 heteroatoms. The topological polar surface area (TPSA) is 35.5 Å². The van der Waals surface area contributed by atoms with Crippen molar-refractivity contribution in [3.8, 4) is 5.75 Å². The first-order valence-electron chi connectivity index (χ1n) is 3.40. The van der Waals surface area contributed by atoms with Gasteiger partial charge < -0.3 is 4.89 Å². The lowest BCUT2D eigenvalue weighted by atomic mass is 10.2. The van der Waals surface area contributed by atoms with E-state index in [0.717, 1.165) is 5.56 Å². The maximum Gasteiger partial charge on any atom is 0.258 e. The summed E-state index contributed by atoms with van der Waals surface area (Å²) in [4.78, 5) is 4.75. The molecule has 1 aliphatic heterocycles. The minimum atomic E-state index is -2.29. The number of fused-ring (bicyclic) bond motifs is 1. The van der Waals surface area contributed by atoms with Crippen molar-refractivity contribution in [3.63, 3.8) is 0 Å². The van der Waals surface area contributed by atoms with Gasteiger partial charge in [-0.25, -0.2) is 0 Å². The van der Waals surface area contributed by atoms with Crippen molar-refractivity contribution in [1.29, 1.82) is 0 Å². The Morgan fingerprint density at radius 3 is 3.00 bits per heavy atom. The van der Waals surface area contributed by atoms with Gasteiger partial charge in [0.1, 0.15) is 5.12 Å². The van der Waals surface area contributed by atoms with Crippen molar-refractivity contribution in [1.82, 2.24) is 0 Å². The maximum atomic E-state index is 11.1. The third-order valence-corrected chi connectivity index (χ3v) is 3.35. The number of para-hydroxylation sites is 1. The highest BCUT2D eigenvalue weighted by atomic mass is 35.5. The fourth-order valence-electron chi connectivity index (χ4n) is 1.02. The molecule has 0 radical (unpaired) electrons. The number of halogens is 1. The summed E-state index contributed by atoms with van der Waals surface area (Å²) in [5, 5.41) is -0.569. The van der Waals surface area contributed by atoms with Gasteiger partial charge in [0.15, 0.2) is 5.75 Å². The zero-order chi connectivity index (χ0) is 8.55. The molecule has 0 aromatic heterocycles. The summed E-state index contributed by atoms with van der Waals surface area (Å²) in [6, 6.07) is 7.11. The van der Waals surface area contributed by atoms with Crippen LogP contribution >= 0.6 is 19.6 Å². The molecule has 0 aliphatic carbocycles. The van der Waals surface area contributed by atoms with Gasteiger partial charge in [0.25, 0.3) is 8.03 Å². The van der Waals surface area contributed by atoms with E-state index in [2.05, 4.69) is 4.67 Å². The summed E-state index contributed by atoms with van der Waals surface area (Å²) >= 11 is 5.83. The van der Waals surface area contributed by atoms with Crippen LogP contribution in [0.15, 0.2) is 24.3 Å². The molecule has 1 aliphatic rings. The Morgan fingerprint density at radius 1 is 1.42 bits per heavy atom. The summed E-state index contributed by atoms with van der Waals surface area (Å²) < 4.78 is 15.6. The Bertz CT molecular complexity index is 328. The molecule has 3 nitrogen and oxygen atoms in total. The molecule has 1 heterocycles. The fraction of sp³-hybridized carbons (Fsp3) is 0.143. The van der Waals surface area contributed by atoms with Crippen molar-refractivity contribution >= 4 is 19.6 Å². The molecule has 2 unspecified atom stereocenters. The maximum absolute atomic E-state index is 11.1. The van der Waals surface area contributed by atoms with Crippen LogP contribution < -0.4 is 4.89 Å². The standard InChI is InChI=1S/C7H6ClO3P/c8-7-5-3-1-2-4-6(5)10-11-12(7)9/h1-4,7,12H. The van der Waals surface area contributed by atoms with Crippen LogP contribution in [0, 0.1) is 0 Å². The van der Waals surface area contributed by atoms with Crippen LogP contribution in [0.1, 0.15) is 10.7 Å². The zero-order valence-corrected chi connectivity index (χ0v) is 7.75. The monoisotopic (exact) mass is 204 g/mol. The van der Waals surface area contributed by atoms with E-state index in [-0.39, 0.29) is 0 Å². The van der Waals surface area contributed by atoms with Crippen LogP contribution in [-0.2, 0) is 9.24 Å². The molecule has 1 aromatic rings. The van der Waals surface area contributed by atoms with Gasteiger partial charge in [-0.3, -0.25) is 4.57 Å². The highest BCUT2D eigenvalue weighted by Gasteiger charge is 2.26. The molecular formula is C7H6ClO3P. The van der Waals surface area contributed by atoms with Crippen LogP contribution in [-0.4, -0.2) is 0 Å². The number of benzene rings is 1. The Kier molecular flexibility index (Phi) is 2.09. The first-order valence-corrected chi connectivity index (χ1v) is 5.23. The smallest absolute Gasteiger partial charge is 0.258 e. The van der Waals surface area contributed by atoms with Gasteiger partial charge in [-0.1, -0.05) is 18.2 Å². The Labute approximate surface area is 75.0 Å². The molecule has 0 N–H and O–H groups in total. The molecule has 0 bridgehead atoms. The predicted octanol–water partition coefficient (Wildman–Crippen LogP) is 2.72. The number of hydrogen-bond donors (Lipinski definition) is 0. The SMILES string of the molecule is O=[PH]1OOc2ccccc2C1Cl. The Hall–Kier alpha value is -0.500. The van der Waals surface area contributed by atoms with E-state index in [1.54, 1.807) is 18.2 Å². The number of hydrogen-bond acceptors (Lipinski definition) is 3. The quantitative estimate of drug-likeness (QED) is 0.370. The zero-order valence-electron chi connectivity index (χ0n) is 5.99. The second-order valence-corrected chi connectivity index (χ2v) is 4.57. The Morgan fingerprint density at radius 2 is 2.17 bits per heavy atom. The minimum Gasteiger partial charge on any atom is -0.331 e. The van der Waals surface area contributed by atoms with Gasteiger partial charge in [0, 0.05) is 5.56 Å². The van der Waals surface area contributed by atoms with Crippen molar-refractivity contribution in [2.24, 2.45) is 0 Å².